The summed E-state index contributed by atoms with van der Waals surface area (Å²) in [5.74, 6) is 0.968. The molecule has 0 unspecified atom stereocenters. The Morgan fingerprint density at radius 2 is 1.85 bits per heavy atom. The van der Waals surface area contributed by atoms with Crippen LogP contribution in [0.1, 0.15) is 19.4 Å². The monoisotopic (exact) mass is 370 g/mol. The van der Waals surface area contributed by atoms with Gasteiger partial charge >= 0.3 is 5.56 Å². The van der Waals surface area contributed by atoms with Crippen LogP contribution in [0.4, 0.5) is 0 Å². The van der Waals surface area contributed by atoms with Crippen molar-refractivity contribution in [1.82, 2.24) is 19.3 Å². The molecule has 6 nitrogen and oxygen atoms in total. The van der Waals surface area contributed by atoms with Gasteiger partial charge in [0.25, 0.3) is 0 Å². The van der Waals surface area contributed by atoms with E-state index in [0.717, 1.165) is 5.56 Å². The van der Waals surface area contributed by atoms with Crippen molar-refractivity contribution < 1.29 is 4.74 Å². The Balaban J connectivity index is 2.24. The summed E-state index contributed by atoms with van der Waals surface area (Å²) < 4.78 is 9.71. The highest BCUT2D eigenvalue weighted by Crippen LogP contribution is 2.32. The van der Waals surface area contributed by atoms with E-state index in [9.17, 15) is 4.79 Å². The van der Waals surface area contributed by atoms with Gasteiger partial charge in [-0.15, -0.1) is 0 Å². The summed E-state index contributed by atoms with van der Waals surface area (Å²) in [6, 6.07) is 9.48. The Hall–Kier alpha value is -2.54. The molecule has 0 spiro atoms. The lowest BCUT2D eigenvalue weighted by molar-refractivity contribution is 0.467. The quantitative estimate of drug-likeness (QED) is 0.485. The second-order valence-corrected chi connectivity index (χ2v) is 6.48. The van der Waals surface area contributed by atoms with Crippen LogP contribution in [0.25, 0.3) is 11.4 Å². The normalized spacial score (nSPS) is 10.9. The van der Waals surface area contributed by atoms with Crippen LogP contribution in [0.2, 0.25) is 0 Å². The molecule has 0 saturated carbocycles. The van der Waals surface area contributed by atoms with E-state index in [1.54, 1.807) is 10.9 Å². The molecule has 0 fully saturated rings. The molecule has 0 radical (unpaired) electrons. The highest BCUT2D eigenvalue weighted by atomic mass is 32.2. The lowest BCUT2D eigenvalue weighted by Crippen LogP contribution is -2.22. The van der Waals surface area contributed by atoms with Crippen LogP contribution in [-0.4, -0.2) is 25.6 Å². The Bertz CT molecular complexity index is 978. The van der Waals surface area contributed by atoms with Crippen LogP contribution in [0.5, 0.6) is 11.5 Å². The molecule has 0 amide bonds. The molecular weight excluding hydrogens is 348 g/mol. The molecule has 0 aliphatic heterocycles. The Morgan fingerprint density at radius 1 is 1.12 bits per heavy atom. The molecular formula is C19H22N4O2S. The minimum Gasteiger partial charge on any atom is -0.449 e. The molecule has 7 heteroatoms. The SMILES string of the molecule is CCn1c(-c2ccnc(SC)n2)c(Oc2ccccc2C)c(=O)n1CC. The van der Waals surface area contributed by atoms with Gasteiger partial charge in [0.2, 0.25) is 5.75 Å². The van der Waals surface area contributed by atoms with Crippen LogP contribution in [0, 0.1) is 6.92 Å². The second kappa shape index (κ2) is 7.78. The number of aryl methyl sites for hydroxylation is 1. The first-order valence-electron chi connectivity index (χ1n) is 8.55. The van der Waals surface area contributed by atoms with Gasteiger partial charge in [0, 0.05) is 19.3 Å². The number of thioether (sulfide) groups is 1. The van der Waals surface area contributed by atoms with Gasteiger partial charge < -0.3 is 4.74 Å². The summed E-state index contributed by atoms with van der Waals surface area (Å²) in [4.78, 5) is 21.8. The Morgan fingerprint density at radius 3 is 2.50 bits per heavy atom. The Labute approximate surface area is 156 Å². The van der Waals surface area contributed by atoms with Gasteiger partial charge in [0.05, 0.1) is 5.69 Å². The number of benzene rings is 1. The largest absolute Gasteiger partial charge is 0.449 e. The first kappa shape index (κ1) is 18.3. The summed E-state index contributed by atoms with van der Waals surface area (Å²) in [7, 11) is 0. The summed E-state index contributed by atoms with van der Waals surface area (Å²) in [6.07, 6.45) is 3.63. The van der Waals surface area contributed by atoms with Crippen molar-refractivity contribution in [3.63, 3.8) is 0 Å². The van der Waals surface area contributed by atoms with E-state index in [1.165, 1.54) is 11.8 Å². The number of aromatic nitrogens is 4. The van der Waals surface area contributed by atoms with Gasteiger partial charge in [0.15, 0.2) is 5.16 Å². The van der Waals surface area contributed by atoms with Crippen LogP contribution >= 0.6 is 11.8 Å². The third-order valence-corrected chi connectivity index (χ3v) is 4.72. The van der Waals surface area contributed by atoms with Crippen molar-refractivity contribution in [1.29, 1.82) is 0 Å². The van der Waals surface area contributed by atoms with Crippen LogP contribution in [0.3, 0.4) is 0 Å². The Kier molecular flexibility index (Phi) is 5.46. The first-order chi connectivity index (χ1) is 12.6. The number of hydrogen-bond acceptors (Lipinski definition) is 5. The highest BCUT2D eigenvalue weighted by molar-refractivity contribution is 7.98. The molecule has 2 aromatic heterocycles. The van der Waals surface area contributed by atoms with Crippen molar-refractivity contribution in [2.45, 2.75) is 39.0 Å². The van der Waals surface area contributed by atoms with E-state index in [1.807, 2.05) is 62.0 Å². The summed E-state index contributed by atoms with van der Waals surface area (Å²) in [5.41, 5.74) is 2.17. The molecule has 136 valence electrons. The van der Waals surface area contributed by atoms with E-state index < -0.39 is 0 Å². The summed E-state index contributed by atoms with van der Waals surface area (Å²) >= 11 is 1.46. The number of rotatable bonds is 6. The minimum atomic E-state index is -0.156. The third kappa shape index (κ3) is 3.26. The number of hydrogen-bond donors (Lipinski definition) is 0. The molecule has 0 aliphatic carbocycles. The van der Waals surface area contributed by atoms with Crippen LogP contribution < -0.4 is 10.3 Å². The third-order valence-electron chi connectivity index (χ3n) is 4.16. The average molecular weight is 370 g/mol. The molecule has 0 N–H and O–H groups in total. The van der Waals surface area contributed by atoms with Crippen LogP contribution in [-0.2, 0) is 13.1 Å². The molecule has 0 bridgehead atoms. The maximum Gasteiger partial charge on any atom is 0.310 e. The van der Waals surface area contributed by atoms with Gasteiger partial charge in [0.1, 0.15) is 11.4 Å². The minimum absolute atomic E-state index is 0.156. The second-order valence-electron chi connectivity index (χ2n) is 5.71. The number of ether oxygens (including phenoxy) is 1. The molecule has 3 rings (SSSR count). The van der Waals surface area contributed by atoms with Crippen molar-refractivity contribution in [3.8, 4) is 22.9 Å². The predicted molar refractivity (Wildman–Crippen MR) is 104 cm³/mol. The topological polar surface area (TPSA) is 61.9 Å². The van der Waals surface area contributed by atoms with Crippen molar-refractivity contribution in [2.75, 3.05) is 6.26 Å². The lowest BCUT2D eigenvalue weighted by atomic mass is 10.2. The van der Waals surface area contributed by atoms with Gasteiger partial charge in [-0.1, -0.05) is 30.0 Å². The van der Waals surface area contributed by atoms with E-state index in [0.29, 0.717) is 41.1 Å². The van der Waals surface area contributed by atoms with Crippen molar-refractivity contribution in [3.05, 3.63) is 52.4 Å². The lowest BCUT2D eigenvalue weighted by Gasteiger charge is -2.12. The zero-order valence-electron chi connectivity index (χ0n) is 15.4. The van der Waals surface area contributed by atoms with Gasteiger partial charge in [-0.25, -0.2) is 14.6 Å². The fraction of sp³-hybridized carbons (Fsp3) is 0.316. The highest BCUT2D eigenvalue weighted by Gasteiger charge is 2.24. The number of para-hydroxylation sites is 1. The predicted octanol–water partition coefficient (Wildman–Crippen LogP) is 3.97. The molecule has 0 saturated heterocycles. The smallest absolute Gasteiger partial charge is 0.310 e. The maximum absolute atomic E-state index is 13.0. The first-order valence-corrected chi connectivity index (χ1v) is 9.77. The van der Waals surface area contributed by atoms with Gasteiger partial charge in [-0.3, -0.25) is 9.48 Å². The zero-order chi connectivity index (χ0) is 18.7. The van der Waals surface area contributed by atoms with E-state index in [2.05, 4.69) is 9.97 Å². The fourth-order valence-corrected chi connectivity index (χ4v) is 3.26. The average Bonchev–Trinajstić information content (AvgIpc) is 2.94. The van der Waals surface area contributed by atoms with E-state index >= 15 is 0 Å². The molecule has 2 heterocycles. The van der Waals surface area contributed by atoms with E-state index in [-0.39, 0.29) is 5.56 Å². The molecule has 1 aromatic carbocycles. The van der Waals surface area contributed by atoms with Gasteiger partial charge in [-0.2, -0.15) is 0 Å². The molecule has 0 atom stereocenters. The zero-order valence-corrected chi connectivity index (χ0v) is 16.2. The van der Waals surface area contributed by atoms with Crippen molar-refractivity contribution in [2.24, 2.45) is 0 Å². The molecule has 26 heavy (non-hydrogen) atoms. The summed E-state index contributed by atoms with van der Waals surface area (Å²) in [5, 5.41) is 0.656. The summed E-state index contributed by atoms with van der Waals surface area (Å²) in [6.45, 7) is 7.09. The standard InChI is InChI=1S/C19H22N4O2S/c1-5-22-16(14-11-12-20-19(21-14)26-4)17(18(24)23(22)6-2)25-15-10-8-7-9-13(15)3/h7-12H,5-6H2,1-4H3. The molecule has 0 aliphatic rings. The van der Waals surface area contributed by atoms with E-state index in [4.69, 9.17) is 4.74 Å². The fourth-order valence-electron chi connectivity index (χ4n) is 2.90. The molecule has 3 aromatic rings. The van der Waals surface area contributed by atoms with Crippen molar-refractivity contribution >= 4 is 11.8 Å². The van der Waals surface area contributed by atoms with Crippen LogP contribution in [0.15, 0.2) is 46.5 Å². The number of nitrogens with zero attached hydrogens (tertiary/aromatic N) is 4. The van der Waals surface area contributed by atoms with Gasteiger partial charge in [-0.05, 0) is 44.7 Å². The maximum atomic E-state index is 13.0.